The zero-order chi connectivity index (χ0) is 20.2. The second kappa shape index (κ2) is 8.37. The molecule has 1 aliphatic rings. The van der Waals surface area contributed by atoms with Gasteiger partial charge < -0.3 is 9.64 Å². The van der Waals surface area contributed by atoms with Crippen LogP contribution < -0.4 is 4.74 Å². The minimum Gasteiger partial charge on any atom is -0.472 e. The summed E-state index contributed by atoms with van der Waals surface area (Å²) in [6.45, 7) is 2.51. The van der Waals surface area contributed by atoms with E-state index >= 15 is 0 Å². The molecule has 0 saturated carbocycles. The lowest BCUT2D eigenvalue weighted by atomic mass is 10.00. The molecule has 29 heavy (non-hydrogen) atoms. The number of pyridine rings is 1. The first-order chi connectivity index (χ1) is 14.2. The van der Waals surface area contributed by atoms with Gasteiger partial charge in [-0.1, -0.05) is 0 Å². The van der Waals surface area contributed by atoms with Gasteiger partial charge in [0.25, 0.3) is 5.91 Å². The van der Waals surface area contributed by atoms with Gasteiger partial charge in [-0.15, -0.1) is 11.3 Å². The maximum atomic E-state index is 13.3. The van der Waals surface area contributed by atoms with Gasteiger partial charge in [-0.25, -0.2) is 15.0 Å². The highest BCUT2D eigenvalue weighted by Crippen LogP contribution is 2.30. The number of carbonyl (C=O) groups excluding carboxylic acids is 1. The highest BCUT2D eigenvalue weighted by atomic mass is 32.1. The van der Waals surface area contributed by atoms with Gasteiger partial charge in [-0.05, 0) is 43.3 Å². The number of carbonyl (C=O) groups is 1. The highest BCUT2D eigenvalue weighted by Gasteiger charge is 2.32. The number of hydrogen-bond donors (Lipinski definition) is 0. The van der Waals surface area contributed by atoms with Gasteiger partial charge in [0.2, 0.25) is 5.88 Å². The number of likely N-dealkylation sites (tertiary alicyclic amines) is 1. The molecule has 0 spiro atoms. The Labute approximate surface area is 172 Å². The maximum absolute atomic E-state index is 13.3. The molecule has 1 fully saturated rings. The molecule has 0 aliphatic carbocycles. The van der Waals surface area contributed by atoms with Crippen molar-refractivity contribution in [3.63, 3.8) is 0 Å². The fraction of sp³-hybridized carbons (Fsp3) is 0.286. The van der Waals surface area contributed by atoms with E-state index in [1.807, 2.05) is 23.3 Å². The summed E-state index contributed by atoms with van der Waals surface area (Å²) in [6.07, 6.45) is 6.38. The van der Waals surface area contributed by atoms with Gasteiger partial charge >= 0.3 is 0 Å². The molecule has 0 aromatic carbocycles. The molecule has 2 atom stereocenters. The van der Waals surface area contributed by atoms with Crippen molar-refractivity contribution >= 4 is 17.2 Å². The molecule has 7 nitrogen and oxygen atoms in total. The summed E-state index contributed by atoms with van der Waals surface area (Å²) in [4.78, 5) is 28.7. The normalized spacial score (nSPS) is 18.8. The molecule has 8 heteroatoms. The van der Waals surface area contributed by atoms with Gasteiger partial charge in [0.15, 0.2) is 5.82 Å². The largest absolute Gasteiger partial charge is 0.472 e. The molecule has 4 heterocycles. The molecule has 0 N–H and O–H groups in total. The van der Waals surface area contributed by atoms with Crippen molar-refractivity contribution in [1.82, 2.24) is 19.9 Å². The number of nitriles is 1. The topological polar surface area (TPSA) is 92.0 Å². The molecule has 0 radical (unpaired) electrons. The van der Waals surface area contributed by atoms with Gasteiger partial charge in [-0.2, -0.15) is 5.26 Å². The van der Waals surface area contributed by atoms with Gasteiger partial charge in [-0.3, -0.25) is 4.79 Å². The smallest absolute Gasteiger partial charge is 0.255 e. The van der Waals surface area contributed by atoms with Crippen LogP contribution in [0.25, 0.3) is 10.7 Å². The van der Waals surface area contributed by atoms with Crippen molar-refractivity contribution in [2.24, 2.45) is 0 Å². The monoisotopic (exact) mass is 405 g/mol. The van der Waals surface area contributed by atoms with E-state index in [0.717, 1.165) is 17.7 Å². The van der Waals surface area contributed by atoms with Crippen LogP contribution in [0.5, 0.6) is 5.88 Å². The van der Waals surface area contributed by atoms with E-state index < -0.39 is 0 Å². The summed E-state index contributed by atoms with van der Waals surface area (Å²) in [5.41, 5.74) is 1.11. The Morgan fingerprint density at radius 3 is 2.86 bits per heavy atom. The minimum absolute atomic E-state index is 0.0479. The van der Waals surface area contributed by atoms with Crippen LogP contribution in [0.1, 0.15) is 35.7 Å². The molecule has 0 unspecified atom stereocenters. The number of amides is 1. The lowest BCUT2D eigenvalue weighted by Gasteiger charge is -2.37. The average molecular weight is 405 g/mol. The molecule has 0 bridgehead atoms. The third kappa shape index (κ3) is 4.10. The van der Waals surface area contributed by atoms with Crippen LogP contribution in [0.2, 0.25) is 0 Å². The predicted octanol–water partition coefficient (Wildman–Crippen LogP) is 3.54. The van der Waals surface area contributed by atoms with E-state index in [4.69, 9.17) is 10.00 Å². The molecular weight excluding hydrogens is 386 g/mol. The van der Waals surface area contributed by atoms with Crippen LogP contribution in [-0.2, 0) is 0 Å². The molecule has 1 aliphatic heterocycles. The molecule has 1 saturated heterocycles. The van der Waals surface area contributed by atoms with E-state index in [1.165, 1.54) is 11.3 Å². The lowest BCUT2D eigenvalue weighted by Crippen LogP contribution is -2.49. The molecule has 1 amide bonds. The van der Waals surface area contributed by atoms with Crippen molar-refractivity contribution < 1.29 is 9.53 Å². The molecule has 4 rings (SSSR count). The van der Waals surface area contributed by atoms with E-state index in [1.54, 1.807) is 36.8 Å². The lowest BCUT2D eigenvalue weighted by molar-refractivity contribution is 0.0374. The SMILES string of the molecule is C[C@@H]1CC[C@@H](Oc2cc(C#N)ccn2)CN1C(=O)c1ccsc1-c1ncccn1. The first-order valence-corrected chi connectivity index (χ1v) is 10.2. The Hall–Kier alpha value is -3.31. The summed E-state index contributed by atoms with van der Waals surface area (Å²) in [7, 11) is 0. The quantitative estimate of drug-likeness (QED) is 0.659. The molecule has 146 valence electrons. The number of hydrogen-bond acceptors (Lipinski definition) is 7. The maximum Gasteiger partial charge on any atom is 0.255 e. The molecule has 3 aromatic rings. The number of ether oxygens (including phenoxy) is 1. The summed E-state index contributed by atoms with van der Waals surface area (Å²) in [5.74, 6) is 0.916. The van der Waals surface area contributed by atoms with Gasteiger partial charge in [0, 0.05) is 30.7 Å². The van der Waals surface area contributed by atoms with Crippen molar-refractivity contribution in [1.29, 1.82) is 5.26 Å². The van der Waals surface area contributed by atoms with Crippen LogP contribution in [0.15, 0.2) is 48.2 Å². The van der Waals surface area contributed by atoms with Gasteiger partial charge in [0.05, 0.1) is 28.6 Å². The Balaban J connectivity index is 1.53. The Morgan fingerprint density at radius 1 is 1.24 bits per heavy atom. The molecule has 3 aromatic heterocycles. The third-order valence-corrected chi connectivity index (χ3v) is 5.83. The Kier molecular flexibility index (Phi) is 5.49. The van der Waals surface area contributed by atoms with Crippen molar-refractivity contribution in [2.75, 3.05) is 6.54 Å². The first-order valence-electron chi connectivity index (χ1n) is 9.34. The van der Waals surface area contributed by atoms with E-state index in [0.29, 0.717) is 29.4 Å². The predicted molar refractivity (Wildman–Crippen MR) is 108 cm³/mol. The van der Waals surface area contributed by atoms with Crippen LogP contribution in [-0.4, -0.2) is 44.4 Å². The number of rotatable bonds is 4. The fourth-order valence-corrected chi connectivity index (χ4v) is 4.22. The standard InChI is InChI=1S/C21H19N5O2S/c1-14-3-4-16(28-18-11-15(12-22)5-9-23-18)13-26(14)21(27)17-6-10-29-19(17)20-24-7-2-8-25-20/h2,5-11,14,16H,3-4,13H2,1H3/t14-,16-/m1/s1. The second-order valence-corrected chi connectivity index (χ2v) is 7.77. The number of aromatic nitrogens is 3. The van der Waals surface area contributed by atoms with E-state index in [9.17, 15) is 4.79 Å². The summed E-state index contributed by atoms with van der Waals surface area (Å²) >= 11 is 1.46. The number of nitrogens with zero attached hydrogens (tertiary/aromatic N) is 5. The van der Waals surface area contributed by atoms with Crippen molar-refractivity contribution in [3.05, 3.63) is 59.4 Å². The van der Waals surface area contributed by atoms with Crippen molar-refractivity contribution in [2.45, 2.75) is 31.9 Å². The van der Waals surface area contributed by atoms with Gasteiger partial charge in [0.1, 0.15) is 6.10 Å². The zero-order valence-corrected chi connectivity index (χ0v) is 16.7. The summed E-state index contributed by atoms with van der Waals surface area (Å²) < 4.78 is 5.98. The number of thiophene rings is 1. The molecular formula is C21H19N5O2S. The van der Waals surface area contributed by atoms with Crippen LogP contribution in [0.4, 0.5) is 0 Å². The third-order valence-electron chi connectivity index (χ3n) is 4.92. The minimum atomic E-state index is -0.174. The van der Waals surface area contributed by atoms with Crippen molar-refractivity contribution in [3.8, 4) is 22.7 Å². The van der Waals surface area contributed by atoms with Crippen LogP contribution >= 0.6 is 11.3 Å². The van der Waals surface area contributed by atoms with Crippen LogP contribution in [0, 0.1) is 11.3 Å². The number of piperidine rings is 1. The average Bonchev–Trinajstić information content (AvgIpc) is 3.25. The summed E-state index contributed by atoms with van der Waals surface area (Å²) in [5, 5.41) is 10.9. The zero-order valence-electron chi connectivity index (χ0n) is 15.9. The van der Waals surface area contributed by atoms with E-state index in [2.05, 4.69) is 21.0 Å². The summed E-state index contributed by atoms with van der Waals surface area (Å²) in [6, 6.07) is 9.02. The Morgan fingerprint density at radius 2 is 2.07 bits per heavy atom. The first kappa shape index (κ1) is 19.0. The highest BCUT2D eigenvalue weighted by molar-refractivity contribution is 7.14. The second-order valence-electron chi connectivity index (χ2n) is 6.85. The fourth-order valence-electron chi connectivity index (χ4n) is 3.39. The van der Waals surface area contributed by atoms with E-state index in [-0.39, 0.29) is 18.1 Å². The van der Waals surface area contributed by atoms with Crippen LogP contribution in [0.3, 0.4) is 0 Å². The Bertz CT molecular complexity index is 1050.